The molecule has 136 valence electrons. The number of aromatic hydroxyl groups is 1. The largest absolute Gasteiger partial charge is 0.508 e. The Morgan fingerprint density at radius 3 is 2.12 bits per heavy atom. The molecular weight excluding hydrogens is 300 g/mol. The Morgan fingerprint density at radius 1 is 0.958 bits per heavy atom. The minimum atomic E-state index is -0.181. The molecule has 2 amide bonds. The molecule has 1 rings (SSSR count). The molecule has 0 bridgehead atoms. The maximum absolute atomic E-state index is 11.8. The number of unbranched alkanes of at least 4 members (excludes halogenated alkanes) is 9. The van der Waals surface area contributed by atoms with Crippen molar-refractivity contribution in [2.45, 2.75) is 78.1 Å². The SMILES string of the molecule is CCCCCCCCCCCCNC(=O)Nc1ccc(O)cc1C. The van der Waals surface area contributed by atoms with Gasteiger partial charge in [0.25, 0.3) is 0 Å². The number of hydrogen-bond acceptors (Lipinski definition) is 2. The number of carbonyl (C=O) groups is 1. The topological polar surface area (TPSA) is 61.4 Å². The molecule has 0 aliphatic rings. The predicted molar refractivity (Wildman–Crippen MR) is 102 cm³/mol. The van der Waals surface area contributed by atoms with E-state index < -0.39 is 0 Å². The highest BCUT2D eigenvalue weighted by Gasteiger charge is 2.04. The van der Waals surface area contributed by atoms with Gasteiger partial charge in [-0.05, 0) is 37.1 Å². The molecular formula is C20H34N2O2. The number of anilines is 1. The molecule has 0 aliphatic heterocycles. The molecule has 4 nitrogen and oxygen atoms in total. The minimum absolute atomic E-state index is 0.181. The van der Waals surface area contributed by atoms with Gasteiger partial charge in [-0.2, -0.15) is 0 Å². The van der Waals surface area contributed by atoms with Gasteiger partial charge in [-0.15, -0.1) is 0 Å². The first kappa shape index (κ1) is 20.3. The molecule has 0 saturated carbocycles. The Morgan fingerprint density at radius 2 is 1.54 bits per heavy atom. The van der Waals surface area contributed by atoms with Gasteiger partial charge in [-0.1, -0.05) is 64.7 Å². The quantitative estimate of drug-likeness (QED) is 0.337. The lowest BCUT2D eigenvalue weighted by Crippen LogP contribution is -2.29. The summed E-state index contributed by atoms with van der Waals surface area (Å²) in [5.74, 6) is 0.212. The number of rotatable bonds is 12. The fourth-order valence-corrected chi connectivity index (χ4v) is 2.77. The van der Waals surface area contributed by atoms with E-state index in [0.717, 1.165) is 17.7 Å². The monoisotopic (exact) mass is 334 g/mol. The standard InChI is InChI=1S/C20H34N2O2/c1-3-4-5-6-7-8-9-10-11-12-15-21-20(24)22-19-14-13-18(23)16-17(19)2/h13-14,16,23H,3-12,15H2,1-2H3,(H2,21,22,24). The highest BCUT2D eigenvalue weighted by Crippen LogP contribution is 2.19. The van der Waals surface area contributed by atoms with Crippen molar-refractivity contribution < 1.29 is 9.90 Å². The lowest BCUT2D eigenvalue weighted by molar-refractivity contribution is 0.252. The Balaban J connectivity index is 1.98. The van der Waals surface area contributed by atoms with Crippen molar-refractivity contribution in [1.29, 1.82) is 0 Å². The smallest absolute Gasteiger partial charge is 0.319 e. The molecule has 0 heterocycles. The Bertz CT molecular complexity index is 475. The maximum atomic E-state index is 11.8. The molecule has 0 saturated heterocycles. The van der Waals surface area contributed by atoms with Gasteiger partial charge < -0.3 is 15.7 Å². The van der Waals surface area contributed by atoms with Crippen LogP contribution in [-0.2, 0) is 0 Å². The molecule has 3 N–H and O–H groups in total. The second-order valence-corrected chi connectivity index (χ2v) is 6.56. The van der Waals surface area contributed by atoms with E-state index in [1.165, 1.54) is 57.8 Å². The van der Waals surface area contributed by atoms with Crippen LogP contribution in [0.1, 0.15) is 76.7 Å². The van der Waals surface area contributed by atoms with Crippen molar-refractivity contribution in [2.24, 2.45) is 0 Å². The van der Waals surface area contributed by atoms with Crippen molar-refractivity contribution in [1.82, 2.24) is 5.32 Å². The third kappa shape index (κ3) is 9.43. The number of carbonyl (C=O) groups excluding carboxylic acids is 1. The minimum Gasteiger partial charge on any atom is -0.508 e. The molecule has 0 aromatic heterocycles. The van der Waals surface area contributed by atoms with Crippen molar-refractivity contribution in [2.75, 3.05) is 11.9 Å². The van der Waals surface area contributed by atoms with Crippen LogP contribution in [0.5, 0.6) is 5.75 Å². The average Bonchev–Trinajstić information content (AvgIpc) is 2.55. The molecule has 0 fully saturated rings. The number of urea groups is 1. The number of aryl methyl sites for hydroxylation is 1. The van der Waals surface area contributed by atoms with Gasteiger partial charge in [-0.3, -0.25) is 0 Å². The highest BCUT2D eigenvalue weighted by molar-refractivity contribution is 5.90. The maximum Gasteiger partial charge on any atom is 0.319 e. The second kappa shape index (κ2) is 12.7. The van der Waals surface area contributed by atoms with Crippen LogP contribution in [0, 0.1) is 6.92 Å². The van der Waals surface area contributed by atoms with E-state index in [9.17, 15) is 9.90 Å². The lowest BCUT2D eigenvalue weighted by Gasteiger charge is -2.10. The summed E-state index contributed by atoms with van der Waals surface area (Å²) in [6.07, 6.45) is 12.9. The summed E-state index contributed by atoms with van der Waals surface area (Å²) in [5.41, 5.74) is 1.58. The van der Waals surface area contributed by atoms with E-state index in [-0.39, 0.29) is 11.8 Å². The van der Waals surface area contributed by atoms with Crippen molar-refractivity contribution >= 4 is 11.7 Å². The number of phenolic OH excluding ortho intramolecular Hbond substituents is 1. The normalized spacial score (nSPS) is 10.6. The summed E-state index contributed by atoms with van der Waals surface area (Å²) in [6, 6.07) is 4.74. The van der Waals surface area contributed by atoms with Gasteiger partial charge in [-0.25, -0.2) is 4.79 Å². The van der Waals surface area contributed by atoms with E-state index in [0.29, 0.717) is 6.54 Å². The van der Waals surface area contributed by atoms with Gasteiger partial charge in [0, 0.05) is 12.2 Å². The zero-order valence-corrected chi connectivity index (χ0v) is 15.4. The number of hydrogen-bond donors (Lipinski definition) is 3. The first-order valence-corrected chi connectivity index (χ1v) is 9.48. The molecule has 1 aromatic rings. The van der Waals surface area contributed by atoms with Crippen molar-refractivity contribution in [3.8, 4) is 5.75 Å². The molecule has 0 radical (unpaired) electrons. The predicted octanol–water partition coefficient (Wildman–Crippen LogP) is 5.74. The molecule has 1 aromatic carbocycles. The molecule has 0 aliphatic carbocycles. The first-order chi connectivity index (χ1) is 11.6. The molecule has 0 unspecified atom stereocenters. The van der Waals surface area contributed by atoms with Crippen LogP contribution < -0.4 is 10.6 Å². The van der Waals surface area contributed by atoms with Crippen LogP contribution in [0.25, 0.3) is 0 Å². The summed E-state index contributed by atoms with van der Waals surface area (Å²) >= 11 is 0. The first-order valence-electron chi connectivity index (χ1n) is 9.48. The van der Waals surface area contributed by atoms with Crippen LogP contribution in [0.15, 0.2) is 18.2 Å². The van der Waals surface area contributed by atoms with Gasteiger partial charge in [0.15, 0.2) is 0 Å². The third-order valence-electron chi connectivity index (χ3n) is 4.27. The van der Waals surface area contributed by atoms with Gasteiger partial charge >= 0.3 is 6.03 Å². The van der Waals surface area contributed by atoms with Gasteiger partial charge in [0.1, 0.15) is 5.75 Å². The average molecular weight is 335 g/mol. The zero-order valence-electron chi connectivity index (χ0n) is 15.4. The Hall–Kier alpha value is -1.71. The van der Waals surface area contributed by atoms with Crippen molar-refractivity contribution in [3.63, 3.8) is 0 Å². The Kier molecular flexibility index (Phi) is 10.7. The molecule has 4 heteroatoms. The van der Waals surface area contributed by atoms with Crippen molar-refractivity contribution in [3.05, 3.63) is 23.8 Å². The van der Waals surface area contributed by atoms with E-state index in [4.69, 9.17) is 0 Å². The van der Waals surface area contributed by atoms with E-state index >= 15 is 0 Å². The fourth-order valence-electron chi connectivity index (χ4n) is 2.77. The summed E-state index contributed by atoms with van der Waals surface area (Å²) in [5, 5.41) is 15.1. The van der Waals surface area contributed by atoms with Crippen LogP contribution in [0.3, 0.4) is 0 Å². The zero-order chi connectivity index (χ0) is 17.6. The molecule has 0 atom stereocenters. The Labute approximate surface area is 147 Å². The summed E-state index contributed by atoms with van der Waals surface area (Å²) < 4.78 is 0. The van der Waals surface area contributed by atoms with Gasteiger partial charge in [0.05, 0.1) is 0 Å². The fraction of sp³-hybridized carbons (Fsp3) is 0.650. The third-order valence-corrected chi connectivity index (χ3v) is 4.27. The van der Waals surface area contributed by atoms with Gasteiger partial charge in [0.2, 0.25) is 0 Å². The number of benzene rings is 1. The molecule has 24 heavy (non-hydrogen) atoms. The van der Waals surface area contributed by atoms with E-state index in [1.807, 2.05) is 6.92 Å². The van der Waals surface area contributed by atoms with Crippen LogP contribution >= 0.6 is 0 Å². The van der Waals surface area contributed by atoms with E-state index in [1.54, 1.807) is 18.2 Å². The van der Waals surface area contributed by atoms with Crippen LogP contribution in [0.2, 0.25) is 0 Å². The van der Waals surface area contributed by atoms with Crippen LogP contribution in [-0.4, -0.2) is 17.7 Å². The lowest BCUT2D eigenvalue weighted by atomic mass is 10.1. The number of nitrogens with one attached hydrogen (secondary N) is 2. The van der Waals surface area contributed by atoms with Crippen LogP contribution in [0.4, 0.5) is 10.5 Å². The number of phenols is 1. The second-order valence-electron chi connectivity index (χ2n) is 6.56. The van der Waals surface area contributed by atoms with E-state index in [2.05, 4.69) is 17.6 Å². The highest BCUT2D eigenvalue weighted by atomic mass is 16.3. The summed E-state index contributed by atoms with van der Waals surface area (Å²) in [4.78, 5) is 11.8. The number of amides is 2. The molecule has 0 spiro atoms. The summed E-state index contributed by atoms with van der Waals surface area (Å²) in [6.45, 7) is 4.82. The summed E-state index contributed by atoms with van der Waals surface area (Å²) in [7, 11) is 0.